The van der Waals surface area contributed by atoms with Gasteiger partial charge in [0.25, 0.3) is 0 Å². The van der Waals surface area contributed by atoms with Crippen molar-refractivity contribution in [3.63, 3.8) is 0 Å². The molecule has 2 aliphatic rings. The van der Waals surface area contributed by atoms with Gasteiger partial charge in [0.1, 0.15) is 11.3 Å². The molecule has 2 amide bonds. The van der Waals surface area contributed by atoms with Crippen LogP contribution in [0, 0.1) is 12.3 Å². The number of amides is 2. The van der Waals surface area contributed by atoms with Crippen molar-refractivity contribution in [3.8, 4) is 17.1 Å². The number of ether oxygens (including phenoxy) is 2. The third kappa shape index (κ3) is 4.23. The Balaban J connectivity index is 1.43. The van der Waals surface area contributed by atoms with E-state index >= 15 is 0 Å². The Morgan fingerprint density at radius 3 is 2.88 bits per heavy atom. The smallest absolute Gasteiger partial charge is 0.323 e. The highest BCUT2D eigenvalue weighted by Gasteiger charge is 2.41. The molecule has 0 atom stereocenters. The Morgan fingerprint density at radius 1 is 1.30 bits per heavy atom. The van der Waals surface area contributed by atoms with Crippen LogP contribution in [0.15, 0.2) is 12.3 Å². The fourth-order valence-electron chi connectivity index (χ4n) is 4.64. The molecule has 11 heteroatoms. The van der Waals surface area contributed by atoms with E-state index in [9.17, 15) is 4.79 Å². The summed E-state index contributed by atoms with van der Waals surface area (Å²) >= 11 is 1.38. The number of pyridine rings is 1. The minimum absolute atomic E-state index is 0.130. The number of urea groups is 1. The maximum absolute atomic E-state index is 13.0. The number of thiazole rings is 1. The molecule has 2 fully saturated rings. The second-order valence-corrected chi connectivity index (χ2v) is 9.59. The zero-order valence-electron chi connectivity index (χ0n) is 18.8. The zero-order chi connectivity index (χ0) is 23.0. The lowest BCUT2D eigenvalue weighted by Crippen LogP contribution is -2.37. The van der Waals surface area contributed by atoms with Crippen LogP contribution in [-0.4, -0.2) is 64.3 Å². The van der Waals surface area contributed by atoms with Crippen LogP contribution < -0.4 is 15.8 Å². The minimum Gasteiger partial charge on any atom is -0.479 e. The lowest BCUT2D eigenvalue weighted by atomic mass is 9.80. The second kappa shape index (κ2) is 8.81. The quantitative estimate of drug-likeness (QED) is 0.597. The molecule has 3 aromatic rings. The first-order valence-electron chi connectivity index (χ1n) is 11.0. The molecule has 0 aromatic carbocycles. The molecule has 2 aliphatic heterocycles. The van der Waals surface area contributed by atoms with Gasteiger partial charge in [-0.1, -0.05) is 11.3 Å². The van der Waals surface area contributed by atoms with Gasteiger partial charge in [-0.25, -0.2) is 24.7 Å². The van der Waals surface area contributed by atoms with Gasteiger partial charge < -0.3 is 20.1 Å². The number of anilines is 1. The highest BCUT2D eigenvalue weighted by atomic mass is 32.1. The molecule has 1 spiro atoms. The number of likely N-dealkylation sites (tertiary alicyclic amines) is 1. The van der Waals surface area contributed by atoms with Crippen molar-refractivity contribution in [2.45, 2.75) is 32.7 Å². The van der Waals surface area contributed by atoms with E-state index in [4.69, 9.17) is 15.2 Å². The molecule has 0 bridgehead atoms. The van der Waals surface area contributed by atoms with Crippen LogP contribution in [0.1, 0.15) is 30.8 Å². The van der Waals surface area contributed by atoms with Crippen molar-refractivity contribution in [1.29, 1.82) is 0 Å². The van der Waals surface area contributed by atoms with Crippen molar-refractivity contribution >= 4 is 32.7 Å². The number of fused-ring (bicyclic) bond motifs is 1. The molecule has 3 N–H and O–H groups in total. The summed E-state index contributed by atoms with van der Waals surface area (Å²) in [5, 5.41) is 3.49. The van der Waals surface area contributed by atoms with E-state index in [1.165, 1.54) is 11.3 Å². The van der Waals surface area contributed by atoms with E-state index in [0.717, 1.165) is 61.5 Å². The highest BCUT2D eigenvalue weighted by molar-refractivity contribution is 7.23. The molecule has 3 aromatic heterocycles. The van der Waals surface area contributed by atoms with Crippen molar-refractivity contribution in [3.05, 3.63) is 23.8 Å². The number of hydrogen-bond donors (Lipinski definition) is 2. The minimum atomic E-state index is -0.130. The molecule has 0 saturated carbocycles. The fraction of sp³-hybridized carbons (Fsp3) is 0.500. The molecule has 174 valence electrons. The van der Waals surface area contributed by atoms with Crippen LogP contribution in [0.5, 0.6) is 5.88 Å². The molecule has 5 rings (SSSR count). The van der Waals surface area contributed by atoms with Gasteiger partial charge in [-0.2, -0.15) is 0 Å². The van der Waals surface area contributed by atoms with Gasteiger partial charge in [0.05, 0.1) is 23.2 Å². The Hall–Kier alpha value is -2.89. The molecule has 0 aliphatic carbocycles. The van der Waals surface area contributed by atoms with Gasteiger partial charge in [-0.15, -0.1) is 0 Å². The molecular weight excluding hydrogens is 442 g/mol. The van der Waals surface area contributed by atoms with E-state index in [1.807, 2.05) is 17.9 Å². The number of aromatic nitrogens is 4. The summed E-state index contributed by atoms with van der Waals surface area (Å²) in [7, 11) is 1.55. The number of carbonyl (C=O) groups excluding carboxylic acids is 1. The molecule has 5 heterocycles. The van der Waals surface area contributed by atoms with Crippen LogP contribution in [0.3, 0.4) is 0 Å². The molecular formula is C22H27N7O3S. The molecule has 33 heavy (non-hydrogen) atoms. The van der Waals surface area contributed by atoms with Crippen molar-refractivity contribution in [2.24, 2.45) is 11.1 Å². The largest absolute Gasteiger partial charge is 0.479 e. The predicted molar refractivity (Wildman–Crippen MR) is 125 cm³/mol. The second-order valence-electron chi connectivity index (χ2n) is 8.59. The van der Waals surface area contributed by atoms with Crippen LogP contribution in [0.25, 0.3) is 21.5 Å². The number of methoxy groups -OCH3 is 1. The maximum Gasteiger partial charge on any atom is 0.323 e. The van der Waals surface area contributed by atoms with Crippen LogP contribution in [0.4, 0.5) is 9.93 Å². The number of nitrogens with two attached hydrogens (primary N) is 1. The number of rotatable bonds is 4. The first-order valence-corrected chi connectivity index (χ1v) is 11.8. The zero-order valence-corrected chi connectivity index (χ0v) is 19.6. The first kappa shape index (κ1) is 21.9. The summed E-state index contributed by atoms with van der Waals surface area (Å²) in [6, 6.07) is 1.72. The lowest BCUT2D eigenvalue weighted by molar-refractivity contribution is 0.0211. The summed E-state index contributed by atoms with van der Waals surface area (Å²) in [6.45, 7) is 5.20. The third-order valence-corrected chi connectivity index (χ3v) is 7.45. The number of hydrogen-bond acceptors (Lipinski definition) is 9. The summed E-state index contributed by atoms with van der Waals surface area (Å²) in [6.07, 6.45) is 4.74. The van der Waals surface area contributed by atoms with Crippen LogP contribution in [0.2, 0.25) is 0 Å². The SMILES string of the molecule is COc1ncc(-c2cc(CN)nc(C)n2)c2sc(NC(=O)N3CCC4(CCOCC4)C3)nc12. The Bertz CT molecular complexity index is 1190. The molecule has 0 unspecified atom stereocenters. The Morgan fingerprint density at radius 2 is 2.12 bits per heavy atom. The Kier molecular flexibility index (Phi) is 5.85. The Labute approximate surface area is 195 Å². The average molecular weight is 470 g/mol. The van der Waals surface area contributed by atoms with Gasteiger partial charge in [0.15, 0.2) is 5.13 Å². The van der Waals surface area contributed by atoms with Crippen molar-refractivity contribution < 1.29 is 14.3 Å². The normalized spacial score (nSPS) is 17.6. The number of aryl methyl sites for hydroxylation is 1. The first-order chi connectivity index (χ1) is 16.0. The van der Waals surface area contributed by atoms with Crippen LogP contribution in [-0.2, 0) is 11.3 Å². The maximum atomic E-state index is 13.0. The predicted octanol–water partition coefficient (Wildman–Crippen LogP) is 2.96. The average Bonchev–Trinajstić information content (AvgIpc) is 3.43. The van der Waals surface area contributed by atoms with Gasteiger partial charge in [0.2, 0.25) is 5.88 Å². The monoisotopic (exact) mass is 469 g/mol. The van der Waals surface area contributed by atoms with E-state index in [0.29, 0.717) is 34.6 Å². The fourth-order valence-corrected chi connectivity index (χ4v) is 5.60. The topological polar surface area (TPSA) is 128 Å². The number of nitrogens with zero attached hydrogens (tertiary/aromatic N) is 5. The third-order valence-electron chi connectivity index (χ3n) is 6.45. The summed E-state index contributed by atoms with van der Waals surface area (Å²) in [5.74, 6) is 1.03. The summed E-state index contributed by atoms with van der Waals surface area (Å²) < 4.78 is 11.8. The summed E-state index contributed by atoms with van der Waals surface area (Å²) in [4.78, 5) is 32.9. The molecule has 0 radical (unpaired) electrons. The molecule has 2 saturated heterocycles. The van der Waals surface area contributed by atoms with Crippen LogP contribution >= 0.6 is 11.3 Å². The highest BCUT2D eigenvalue weighted by Crippen LogP contribution is 2.41. The lowest BCUT2D eigenvalue weighted by Gasteiger charge is -2.33. The van der Waals surface area contributed by atoms with E-state index < -0.39 is 0 Å². The van der Waals surface area contributed by atoms with Gasteiger partial charge in [-0.05, 0) is 37.7 Å². The van der Waals surface area contributed by atoms with Gasteiger partial charge >= 0.3 is 6.03 Å². The van der Waals surface area contributed by atoms with E-state index in [1.54, 1.807) is 13.3 Å². The number of nitrogens with one attached hydrogen (secondary N) is 1. The van der Waals surface area contributed by atoms with E-state index in [2.05, 4.69) is 25.3 Å². The van der Waals surface area contributed by atoms with Crippen molar-refractivity contribution in [2.75, 3.05) is 38.7 Å². The molecule has 10 nitrogen and oxygen atoms in total. The standard InChI is InChI=1S/C22H27N7O3S/c1-13-25-14(10-23)9-16(26-13)15-11-24-19(31-2)17-18(15)33-20(27-17)28-21(30)29-6-3-22(12-29)4-7-32-8-5-22/h9,11H,3-8,10,12,23H2,1-2H3,(H,27,28,30). The summed E-state index contributed by atoms with van der Waals surface area (Å²) in [5.41, 5.74) is 8.83. The van der Waals surface area contributed by atoms with Crippen molar-refractivity contribution in [1.82, 2.24) is 24.8 Å². The van der Waals surface area contributed by atoms with E-state index in [-0.39, 0.29) is 11.4 Å². The van der Waals surface area contributed by atoms with Gasteiger partial charge in [-0.3, -0.25) is 5.32 Å². The van der Waals surface area contributed by atoms with Gasteiger partial charge in [0, 0.05) is 44.6 Å². The number of carbonyl (C=O) groups is 1.